The number of nitrogens with one attached hydrogen (secondary N) is 1. The molecule has 1 atom stereocenters. The van der Waals surface area contributed by atoms with E-state index in [9.17, 15) is 0 Å². The van der Waals surface area contributed by atoms with Gasteiger partial charge in [0.25, 0.3) is 0 Å². The smallest absolute Gasteiger partial charge is 0.0758 e. The van der Waals surface area contributed by atoms with Gasteiger partial charge in [-0.1, -0.05) is 6.92 Å². The van der Waals surface area contributed by atoms with Crippen molar-refractivity contribution in [3.8, 4) is 0 Å². The van der Waals surface area contributed by atoms with Crippen molar-refractivity contribution in [2.45, 2.75) is 25.8 Å². The van der Waals surface area contributed by atoms with Crippen molar-refractivity contribution < 1.29 is 0 Å². The fourth-order valence-electron chi connectivity index (χ4n) is 1.85. The van der Waals surface area contributed by atoms with Gasteiger partial charge in [0, 0.05) is 6.04 Å². The largest absolute Gasteiger partial charge is 0.310 e. The summed E-state index contributed by atoms with van der Waals surface area (Å²) in [5, 5.41) is 8.01. The number of halogens is 2. The van der Waals surface area contributed by atoms with E-state index >= 15 is 0 Å². The van der Waals surface area contributed by atoms with Gasteiger partial charge in [0.15, 0.2) is 0 Å². The minimum atomic E-state index is 0.386. The zero-order valence-electron chi connectivity index (χ0n) is 10.1. The van der Waals surface area contributed by atoms with Crippen LogP contribution in [-0.4, -0.2) is 6.54 Å². The molecule has 2 heterocycles. The van der Waals surface area contributed by atoms with E-state index in [2.05, 4.69) is 67.0 Å². The van der Waals surface area contributed by atoms with Gasteiger partial charge in [-0.05, 0) is 85.3 Å². The number of rotatable bonds is 6. The van der Waals surface area contributed by atoms with Gasteiger partial charge in [-0.25, -0.2) is 0 Å². The third-order valence-electron chi connectivity index (χ3n) is 2.72. The van der Waals surface area contributed by atoms with Gasteiger partial charge >= 0.3 is 0 Å². The lowest BCUT2D eigenvalue weighted by Crippen LogP contribution is -2.23. The quantitative estimate of drug-likeness (QED) is 0.654. The lowest BCUT2D eigenvalue weighted by atomic mass is 10.0. The SMILES string of the molecule is CCCNC(Cc1ccsc1)c1cc(Br)sc1Br. The van der Waals surface area contributed by atoms with Gasteiger partial charge in [0.05, 0.1) is 7.57 Å². The lowest BCUT2D eigenvalue weighted by molar-refractivity contribution is 0.529. The van der Waals surface area contributed by atoms with Gasteiger partial charge < -0.3 is 5.32 Å². The molecule has 0 aliphatic heterocycles. The monoisotopic (exact) mass is 407 g/mol. The summed E-state index contributed by atoms with van der Waals surface area (Å²) in [5.74, 6) is 0. The first kappa shape index (κ1) is 14.7. The zero-order chi connectivity index (χ0) is 13.0. The van der Waals surface area contributed by atoms with E-state index in [4.69, 9.17) is 0 Å². The first-order valence-corrected chi connectivity index (χ1v) is 9.24. The first-order chi connectivity index (χ1) is 8.70. The third kappa shape index (κ3) is 3.90. The molecule has 0 radical (unpaired) electrons. The van der Waals surface area contributed by atoms with Crippen molar-refractivity contribution in [3.63, 3.8) is 0 Å². The van der Waals surface area contributed by atoms with Gasteiger partial charge in [-0.2, -0.15) is 11.3 Å². The highest BCUT2D eigenvalue weighted by Crippen LogP contribution is 2.36. The van der Waals surface area contributed by atoms with Crippen molar-refractivity contribution in [2.75, 3.05) is 6.54 Å². The van der Waals surface area contributed by atoms with E-state index in [1.165, 1.54) is 18.7 Å². The molecule has 98 valence electrons. The summed E-state index contributed by atoms with van der Waals surface area (Å²) >= 11 is 10.7. The number of hydrogen-bond donors (Lipinski definition) is 1. The van der Waals surface area contributed by atoms with Crippen LogP contribution in [0.25, 0.3) is 0 Å². The molecule has 0 saturated carbocycles. The fraction of sp³-hybridized carbons (Fsp3) is 0.385. The summed E-state index contributed by atoms with van der Waals surface area (Å²) in [6, 6.07) is 4.81. The van der Waals surface area contributed by atoms with E-state index in [-0.39, 0.29) is 0 Å². The van der Waals surface area contributed by atoms with Crippen molar-refractivity contribution in [2.24, 2.45) is 0 Å². The molecule has 2 rings (SSSR count). The van der Waals surface area contributed by atoms with E-state index in [0.717, 1.165) is 19.4 Å². The topological polar surface area (TPSA) is 12.0 Å². The Bertz CT molecular complexity index is 479. The highest BCUT2D eigenvalue weighted by molar-refractivity contribution is 9.12. The average Bonchev–Trinajstić information content (AvgIpc) is 2.94. The summed E-state index contributed by atoms with van der Waals surface area (Å²) in [4.78, 5) is 0. The molecule has 1 unspecified atom stereocenters. The van der Waals surface area contributed by atoms with Crippen LogP contribution in [0.1, 0.15) is 30.5 Å². The van der Waals surface area contributed by atoms with Crippen LogP contribution in [-0.2, 0) is 6.42 Å². The van der Waals surface area contributed by atoms with Crippen LogP contribution in [0, 0.1) is 0 Å². The number of hydrogen-bond acceptors (Lipinski definition) is 3. The molecule has 0 aliphatic rings. The van der Waals surface area contributed by atoms with Gasteiger partial charge in [0.1, 0.15) is 0 Å². The molecule has 0 aromatic carbocycles. The van der Waals surface area contributed by atoms with Gasteiger partial charge in [-0.3, -0.25) is 0 Å². The zero-order valence-corrected chi connectivity index (χ0v) is 14.9. The Hall–Kier alpha value is 0.320. The molecular formula is C13H15Br2NS2. The van der Waals surface area contributed by atoms with Crippen LogP contribution in [0.4, 0.5) is 0 Å². The summed E-state index contributed by atoms with van der Waals surface area (Å²) in [7, 11) is 0. The molecule has 0 spiro atoms. The van der Waals surface area contributed by atoms with Crippen LogP contribution in [0.5, 0.6) is 0 Å². The van der Waals surface area contributed by atoms with Gasteiger partial charge in [0.2, 0.25) is 0 Å². The molecule has 2 aromatic heterocycles. The highest BCUT2D eigenvalue weighted by atomic mass is 79.9. The van der Waals surface area contributed by atoms with E-state index in [1.807, 2.05) is 0 Å². The Kier molecular flexibility index (Phi) is 5.89. The Balaban J connectivity index is 2.16. The minimum Gasteiger partial charge on any atom is -0.310 e. The standard InChI is InChI=1S/C13H15Br2NS2/c1-2-4-16-11(6-9-3-5-17-8-9)10-7-12(14)18-13(10)15/h3,5,7-8,11,16H,2,4,6H2,1H3. The molecule has 1 N–H and O–H groups in total. The van der Waals surface area contributed by atoms with Crippen LogP contribution in [0.15, 0.2) is 30.5 Å². The Labute approximate surface area is 133 Å². The molecular weight excluding hydrogens is 394 g/mol. The van der Waals surface area contributed by atoms with Crippen molar-refractivity contribution in [1.29, 1.82) is 0 Å². The summed E-state index contributed by atoms with van der Waals surface area (Å²) < 4.78 is 2.40. The van der Waals surface area contributed by atoms with E-state index in [1.54, 1.807) is 22.7 Å². The second-order valence-electron chi connectivity index (χ2n) is 4.12. The normalized spacial score (nSPS) is 12.8. The first-order valence-electron chi connectivity index (χ1n) is 5.90. The maximum absolute atomic E-state index is 3.66. The molecule has 1 nitrogen and oxygen atoms in total. The third-order valence-corrected chi connectivity index (χ3v) is 5.84. The highest BCUT2D eigenvalue weighted by Gasteiger charge is 2.17. The molecule has 0 aliphatic carbocycles. The van der Waals surface area contributed by atoms with Crippen molar-refractivity contribution in [1.82, 2.24) is 5.32 Å². The van der Waals surface area contributed by atoms with Crippen LogP contribution >= 0.6 is 54.5 Å². The lowest BCUT2D eigenvalue weighted by Gasteiger charge is -2.17. The average molecular weight is 409 g/mol. The Morgan fingerprint density at radius 1 is 1.39 bits per heavy atom. The Morgan fingerprint density at radius 3 is 2.78 bits per heavy atom. The molecule has 2 aromatic rings. The van der Waals surface area contributed by atoms with E-state index in [0.29, 0.717) is 6.04 Å². The predicted molar refractivity (Wildman–Crippen MR) is 88.8 cm³/mol. The Morgan fingerprint density at radius 2 is 2.22 bits per heavy atom. The van der Waals surface area contributed by atoms with Crippen molar-refractivity contribution >= 4 is 54.5 Å². The van der Waals surface area contributed by atoms with Crippen LogP contribution < -0.4 is 5.32 Å². The number of thiophene rings is 2. The maximum atomic E-state index is 3.66. The molecule has 0 fully saturated rings. The van der Waals surface area contributed by atoms with Gasteiger partial charge in [-0.15, -0.1) is 11.3 Å². The maximum Gasteiger partial charge on any atom is 0.0758 e. The molecule has 5 heteroatoms. The van der Waals surface area contributed by atoms with Crippen molar-refractivity contribution in [3.05, 3.63) is 41.6 Å². The summed E-state index contributed by atoms with van der Waals surface area (Å²) in [5.41, 5.74) is 2.76. The predicted octanol–water partition coefficient (Wildman–Crippen LogP) is 5.62. The summed E-state index contributed by atoms with van der Waals surface area (Å²) in [6.45, 7) is 3.25. The van der Waals surface area contributed by atoms with Crippen LogP contribution in [0.2, 0.25) is 0 Å². The second kappa shape index (κ2) is 7.20. The fourth-order valence-corrected chi connectivity index (χ4v) is 5.50. The molecule has 18 heavy (non-hydrogen) atoms. The second-order valence-corrected chi connectivity index (χ2v) is 8.65. The molecule has 0 amide bonds. The molecule has 0 saturated heterocycles. The van der Waals surface area contributed by atoms with E-state index < -0.39 is 0 Å². The minimum absolute atomic E-state index is 0.386. The summed E-state index contributed by atoms with van der Waals surface area (Å²) in [6.07, 6.45) is 2.20. The molecule has 0 bridgehead atoms. The van der Waals surface area contributed by atoms with Crippen LogP contribution in [0.3, 0.4) is 0 Å².